The summed E-state index contributed by atoms with van der Waals surface area (Å²) in [6, 6.07) is 11.2. The zero-order chi connectivity index (χ0) is 13.0. The van der Waals surface area contributed by atoms with Crippen molar-refractivity contribution in [2.24, 2.45) is 0 Å². The summed E-state index contributed by atoms with van der Waals surface area (Å²) in [4.78, 5) is 0.444. The standard InChI is InChI=1S/C14H12F2OS/c1-17-12-4-2-3-10(7-12)9-18-14-6-5-11(15)8-13(14)16/h2-8H,9H2,1H3. The van der Waals surface area contributed by atoms with E-state index < -0.39 is 11.6 Å². The Morgan fingerprint density at radius 3 is 2.67 bits per heavy atom. The summed E-state index contributed by atoms with van der Waals surface area (Å²) in [5, 5.41) is 0. The van der Waals surface area contributed by atoms with Crippen LogP contribution < -0.4 is 4.74 Å². The summed E-state index contributed by atoms with van der Waals surface area (Å²) < 4.78 is 31.3. The highest BCUT2D eigenvalue weighted by Crippen LogP contribution is 2.27. The van der Waals surface area contributed by atoms with E-state index in [-0.39, 0.29) is 0 Å². The van der Waals surface area contributed by atoms with Gasteiger partial charge in [0.2, 0.25) is 0 Å². The Morgan fingerprint density at radius 1 is 1.11 bits per heavy atom. The van der Waals surface area contributed by atoms with E-state index in [0.29, 0.717) is 10.6 Å². The Labute approximate surface area is 109 Å². The smallest absolute Gasteiger partial charge is 0.139 e. The Hall–Kier alpha value is -1.55. The first-order valence-corrected chi connectivity index (χ1v) is 6.38. The molecule has 0 spiro atoms. The van der Waals surface area contributed by atoms with Crippen LogP contribution >= 0.6 is 11.8 Å². The SMILES string of the molecule is COc1cccc(CSc2ccc(F)cc2F)c1. The van der Waals surface area contributed by atoms with Gasteiger partial charge in [0.05, 0.1) is 7.11 Å². The molecule has 18 heavy (non-hydrogen) atoms. The first kappa shape index (κ1) is 12.9. The minimum atomic E-state index is -0.557. The van der Waals surface area contributed by atoms with Crippen molar-refractivity contribution in [3.8, 4) is 5.75 Å². The third-order valence-electron chi connectivity index (χ3n) is 2.42. The lowest BCUT2D eigenvalue weighted by atomic mass is 10.2. The van der Waals surface area contributed by atoms with Gasteiger partial charge >= 0.3 is 0 Å². The molecule has 2 aromatic rings. The molecule has 0 heterocycles. The molecule has 2 aromatic carbocycles. The molecule has 0 fully saturated rings. The van der Waals surface area contributed by atoms with Crippen LogP contribution in [0.5, 0.6) is 5.75 Å². The van der Waals surface area contributed by atoms with Crippen LogP contribution in [0.2, 0.25) is 0 Å². The predicted octanol–water partition coefficient (Wildman–Crippen LogP) is 4.27. The van der Waals surface area contributed by atoms with Crippen molar-refractivity contribution in [1.29, 1.82) is 0 Å². The minimum Gasteiger partial charge on any atom is -0.497 e. The minimum absolute atomic E-state index is 0.444. The molecule has 0 amide bonds. The fourth-order valence-corrected chi connectivity index (χ4v) is 2.38. The van der Waals surface area contributed by atoms with Crippen molar-refractivity contribution in [3.05, 3.63) is 59.7 Å². The molecule has 0 aliphatic rings. The molecule has 0 saturated heterocycles. The quantitative estimate of drug-likeness (QED) is 0.764. The topological polar surface area (TPSA) is 9.23 Å². The highest BCUT2D eigenvalue weighted by atomic mass is 32.2. The molecule has 0 saturated carbocycles. The monoisotopic (exact) mass is 266 g/mol. The lowest BCUT2D eigenvalue weighted by molar-refractivity contribution is 0.414. The average molecular weight is 266 g/mol. The Balaban J connectivity index is 2.06. The van der Waals surface area contributed by atoms with Crippen molar-refractivity contribution >= 4 is 11.8 Å². The molecule has 0 N–H and O–H groups in total. The summed E-state index contributed by atoms with van der Waals surface area (Å²) in [5.74, 6) is 0.300. The van der Waals surface area contributed by atoms with Gasteiger partial charge in [0.1, 0.15) is 17.4 Å². The van der Waals surface area contributed by atoms with E-state index in [4.69, 9.17) is 4.74 Å². The first-order valence-electron chi connectivity index (χ1n) is 5.40. The number of benzene rings is 2. The molecule has 0 radical (unpaired) electrons. The molecule has 94 valence electrons. The molecule has 2 rings (SSSR count). The Kier molecular flexibility index (Phi) is 4.20. The second kappa shape index (κ2) is 5.87. The number of ether oxygens (including phenoxy) is 1. The third-order valence-corrected chi connectivity index (χ3v) is 3.54. The molecule has 1 nitrogen and oxygen atoms in total. The van der Waals surface area contributed by atoms with Gasteiger partial charge in [0, 0.05) is 16.7 Å². The number of halogens is 2. The molecule has 0 aliphatic heterocycles. The zero-order valence-electron chi connectivity index (χ0n) is 9.82. The van der Waals surface area contributed by atoms with E-state index in [1.165, 1.54) is 23.9 Å². The van der Waals surface area contributed by atoms with Gasteiger partial charge in [0.15, 0.2) is 0 Å². The molecular formula is C14H12F2OS. The molecule has 0 bridgehead atoms. The first-order chi connectivity index (χ1) is 8.69. The van der Waals surface area contributed by atoms with Gasteiger partial charge in [-0.15, -0.1) is 11.8 Å². The van der Waals surface area contributed by atoms with Crippen LogP contribution in [0.25, 0.3) is 0 Å². The lowest BCUT2D eigenvalue weighted by Gasteiger charge is -2.05. The fraction of sp³-hybridized carbons (Fsp3) is 0.143. The second-order valence-corrected chi connectivity index (χ2v) is 4.73. The van der Waals surface area contributed by atoms with Gasteiger partial charge < -0.3 is 4.74 Å². The van der Waals surface area contributed by atoms with E-state index in [1.54, 1.807) is 7.11 Å². The van der Waals surface area contributed by atoms with Gasteiger partial charge in [-0.05, 0) is 29.8 Å². The molecular weight excluding hydrogens is 254 g/mol. The van der Waals surface area contributed by atoms with Crippen molar-refractivity contribution in [3.63, 3.8) is 0 Å². The van der Waals surface area contributed by atoms with Crippen molar-refractivity contribution < 1.29 is 13.5 Å². The van der Waals surface area contributed by atoms with Gasteiger partial charge in [0.25, 0.3) is 0 Å². The van der Waals surface area contributed by atoms with E-state index in [2.05, 4.69) is 0 Å². The number of rotatable bonds is 4. The summed E-state index contributed by atoms with van der Waals surface area (Å²) in [5.41, 5.74) is 1.03. The number of thioether (sulfide) groups is 1. The molecule has 0 atom stereocenters. The number of methoxy groups -OCH3 is 1. The second-order valence-electron chi connectivity index (χ2n) is 3.71. The van der Waals surface area contributed by atoms with Crippen LogP contribution in [0, 0.1) is 11.6 Å². The molecule has 4 heteroatoms. The van der Waals surface area contributed by atoms with E-state index in [1.807, 2.05) is 24.3 Å². The Morgan fingerprint density at radius 2 is 1.94 bits per heavy atom. The van der Waals surface area contributed by atoms with E-state index in [0.717, 1.165) is 17.4 Å². The van der Waals surface area contributed by atoms with E-state index >= 15 is 0 Å². The maximum atomic E-state index is 13.4. The van der Waals surface area contributed by atoms with Crippen LogP contribution in [0.3, 0.4) is 0 Å². The summed E-state index contributed by atoms with van der Waals surface area (Å²) >= 11 is 1.33. The molecule has 0 aliphatic carbocycles. The van der Waals surface area contributed by atoms with Crippen LogP contribution in [0.15, 0.2) is 47.4 Å². The normalized spacial score (nSPS) is 10.4. The van der Waals surface area contributed by atoms with Crippen molar-refractivity contribution in [2.45, 2.75) is 10.6 Å². The number of hydrogen-bond acceptors (Lipinski definition) is 2. The summed E-state index contributed by atoms with van der Waals surface area (Å²) in [7, 11) is 1.60. The average Bonchev–Trinajstić information content (AvgIpc) is 2.38. The summed E-state index contributed by atoms with van der Waals surface area (Å²) in [6.45, 7) is 0. The maximum Gasteiger partial charge on any atom is 0.139 e. The van der Waals surface area contributed by atoms with Gasteiger partial charge in [-0.2, -0.15) is 0 Å². The maximum absolute atomic E-state index is 13.4. The van der Waals surface area contributed by atoms with Crippen molar-refractivity contribution in [1.82, 2.24) is 0 Å². The van der Waals surface area contributed by atoms with Crippen LogP contribution in [-0.4, -0.2) is 7.11 Å². The molecule has 0 unspecified atom stereocenters. The zero-order valence-corrected chi connectivity index (χ0v) is 10.6. The largest absolute Gasteiger partial charge is 0.497 e. The van der Waals surface area contributed by atoms with Crippen LogP contribution in [-0.2, 0) is 5.75 Å². The molecule has 0 aromatic heterocycles. The Bertz CT molecular complexity index is 543. The highest BCUT2D eigenvalue weighted by molar-refractivity contribution is 7.98. The van der Waals surface area contributed by atoms with Crippen molar-refractivity contribution in [2.75, 3.05) is 7.11 Å². The lowest BCUT2D eigenvalue weighted by Crippen LogP contribution is -1.87. The van der Waals surface area contributed by atoms with Crippen LogP contribution in [0.4, 0.5) is 8.78 Å². The highest BCUT2D eigenvalue weighted by Gasteiger charge is 2.05. The van der Waals surface area contributed by atoms with Gasteiger partial charge in [-0.1, -0.05) is 12.1 Å². The summed E-state index contributed by atoms with van der Waals surface area (Å²) in [6.07, 6.45) is 0. The predicted molar refractivity (Wildman–Crippen MR) is 68.9 cm³/mol. The number of hydrogen-bond donors (Lipinski definition) is 0. The fourth-order valence-electron chi connectivity index (χ4n) is 1.52. The third kappa shape index (κ3) is 3.23. The van der Waals surface area contributed by atoms with Gasteiger partial charge in [-0.3, -0.25) is 0 Å². The van der Waals surface area contributed by atoms with Gasteiger partial charge in [-0.25, -0.2) is 8.78 Å². The van der Waals surface area contributed by atoms with Crippen LogP contribution in [0.1, 0.15) is 5.56 Å². The van der Waals surface area contributed by atoms with E-state index in [9.17, 15) is 8.78 Å².